The summed E-state index contributed by atoms with van der Waals surface area (Å²) in [7, 11) is 0. The third-order valence-electron chi connectivity index (χ3n) is 3.48. The summed E-state index contributed by atoms with van der Waals surface area (Å²) in [4.78, 5) is 2.50. The van der Waals surface area contributed by atoms with Crippen LogP contribution in [0.15, 0.2) is 24.3 Å². The highest BCUT2D eigenvalue weighted by molar-refractivity contribution is 5.47. The van der Waals surface area contributed by atoms with Gasteiger partial charge in [-0.05, 0) is 57.7 Å². The molecular weight excluding hydrogens is 220 g/mol. The molecule has 2 nitrogen and oxygen atoms in total. The van der Waals surface area contributed by atoms with E-state index in [-0.39, 0.29) is 5.54 Å². The molecule has 1 aliphatic rings. The van der Waals surface area contributed by atoms with Crippen LogP contribution in [0.1, 0.15) is 45.6 Å². The van der Waals surface area contributed by atoms with Gasteiger partial charge in [0.25, 0.3) is 0 Å². The van der Waals surface area contributed by atoms with Gasteiger partial charge in [0.15, 0.2) is 0 Å². The molecule has 2 heteroatoms. The van der Waals surface area contributed by atoms with Crippen molar-refractivity contribution in [2.75, 3.05) is 18.0 Å². The Hall–Kier alpha value is -1.02. The summed E-state index contributed by atoms with van der Waals surface area (Å²) in [6.45, 7) is 10.0. The van der Waals surface area contributed by atoms with Crippen molar-refractivity contribution >= 4 is 5.69 Å². The molecule has 100 valence electrons. The minimum atomic E-state index is 0.186. The van der Waals surface area contributed by atoms with E-state index in [1.54, 1.807) is 0 Å². The Bertz CT molecular complexity index is 356. The highest BCUT2D eigenvalue weighted by Gasteiger charge is 2.11. The third kappa shape index (κ3) is 4.02. The van der Waals surface area contributed by atoms with Gasteiger partial charge in [-0.1, -0.05) is 12.1 Å². The lowest BCUT2D eigenvalue weighted by molar-refractivity contribution is 0.424. The summed E-state index contributed by atoms with van der Waals surface area (Å²) in [5.41, 5.74) is 2.94. The Morgan fingerprint density at radius 2 is 1.61 bits per heavy atom. The van der Waals surface area contributed by atoms with Crippen LogP contribution in [0.3, 0.4) is 0 Å². The van der Waals surface area contributed by atoms with Crippen molar-refractivity contribution in [2.24, 2.45) is 0 Å². The third-order valence-corrected chi connectivity index (χ3v) is 3.48. The first kappa shape index (κ1) is 13.4. The van der Waals surface area contributed by atoms with Crippen LogP contribution in [0.2, 0.25) is 0 Å². The Labute approximate surface area is 111 Å². The molecule has 0 saturated carbocycles. The van der Waals surface area contributed by atoms with Crippen LogP contribution in [0, 0.1) is 0 Å². The van der Waals surface area contributed by atoms with Crippen LogP contribution in [0.25, 0.3) is 0 Å². The standard InChI is InChI=1S/C16H26N2/c1-16(2,3)17-13-14-7-9-15(10-8-14)18-11-5-4-6-12-18/h7-10,17H,4-6,11-13H2,1-3H3. The largest absolute Gasteiger partial charge is 0.372 e. The summed E-state index contributed by atoms with van der Waals surface area (Å²) in [6, 6.07) is 9.04. The van der Waals surface area contributed by atoms with E-state index in [2.05, 4.69) is 55.3 Å². The van der Waals surface area contributed by atoms with Crippen LogP contribution in [0.4, 0.5) is 5.69 Å². The molecule has 18 heavy (non-hydrogen) atoms. The van der Waals surface area contributed by atoms with E-state index in [0.29, 0.717) is 0 Å². The van der Waals surface area contributed by atoms with Crippen LogP contribution in [-0.2, 0) is 6.54 Å². The zero-order valence-electron chi connectivity index (χ0n) is 12.0. The van der Waals surface area contributed by atoms with E-state index < -0.39 is 0 Å². The minimum Gasteiger partial charge on any atom is -0.372 e. The van der Waals surface area contributed by atoms with E-state index in [1.807, 2.05) is 0 Å². The second-order valence-corrected chi connectivity index (χ2v) is 6.32. The molecule has 1 saturated heterocycles. The fraction of sp³-hybridized carbons (Fsp3) is 0.625. The quantitative estimate of drug-likeness (QED) is 0.877. The van der Waals surface area contributed by atoms with Gasteiger partial charge in [0, 0.05) is 30.9 Å². The van der Waals surface area contributed by atoms with Gasteiger partial charge in [0.1, 0.15) is 0 Å². The van der Waals surface area contributed by atoms with Crippen molar-refractivity contribution in [3.05, 3.63) is 29.8 Å². The molecule has 0 unspecified atom stereocenters. The molecule has 2 rings (SSSR count). The van der Waals surface area contributed by atoms with E-state index >= 15 is 0 Å². The predicted octanol–water partition coefficient (Wildman–Crippen LogP) is 3.57. The maximum atomic E-state index is 3.52. The first-order valence-electron chi connectivity index (χ1n) is 7.13. The average Bonchev–Trinajstić information content (AvgIpc) is 2.37. The van der Waals surface area contributed by atoms with E-state index in [0.717, 1.165) is 6.54 Å². The van der Waals surface area contributed by atoms with Crippen molar-refractivity contribution in [2.45, 2.75) is 52.1 Å². The van der Waals surface area contributed by atoms with E-state index in [1.165, 1.54) is 43.6 Å². The average molecular weight is 246 g/mol. The fourth-order valence-corrected chi connectivity index (χ4v) is 2.34. The van der Waals surface area contributed by atoms with Crippen molar-refractivity contribution in [3.8, 4) is 0 Å². The number of anilines is 1. The Kier molecular flexibility index (Phi) is 4.28. The van der Waals surface area contributed by atoms with Crippen molar-refractivity contribution < 1.29 is 0 Å². The Morgan fingerprint density at radius 1 is 1.00 bits per heavy atom. The molecule has 0 atom stereocenters. The molecule has 0 amide bonds. The fourth-order valence-electron chi connectivity index (χ4n) is 2.34. The van der Waals surface area contributed by atoms with Crippen molar-refractivity contribution in [1.29, 1.82) is 0 Å². The summed E-state index contributed by atoms with van der Waals surface area (Å²) in [5, 5.41) is 3.52. The number of hydrogen-bond donors (Lipinski definition) is 1. The molecule has 1 N–H and O–H groups in total. The lowest BCUT2D eigenvalue weighted by atomic mass is 10.1. The first-order chi connectivity index (χ1) is 8.54. The number of piperidine rings is 1. The second kappa shape index (κ2) is 5.75. The molecular formula is C16H26N2. The van der Waals surface area contributed by atoms with Crippen LogP contribution >= 0.6 is 0 Å². The number of benzene rings is 1. The molecule has 0 radical (unpaired) electrons. The topological polar surface area (TPSA) is 15.3 Å². The highest BCUT2D eigenvalue weighted by Crippen LogP contribution is 2.20. The predicted molar refractivity (Wildman–Crippen MR) is 79.1 cm³/mol. The van der Waals surface area contributed by atoms with Gasteiger partial charge in [-0.25, -0.2) is 0 Å². The van der Waals surface area contributed by atoms with Gasteiger partial charge in [-0.15, -0.1) is 0 Å². The number of rotatable bonds is 3. The highest BCUT2D eigenvalue weighted by atomic mass is 15.1. The molecule has 1 fully saturated rings. The monoisotopic (exact) mass is 246 g/mol. The second-order valence-electron chi connectivity index (χ2n) is 6.32. The number of hydrogen-bond acceptors (Lipinski definition) is 2. The lowest BCUT2D eigenvalue weighted by Gasteiger charge is -2.29. The molecule has 1 aliphatic heterocycles. The van der Waals surface area contributed by atoms with Gasteiger partial charge in [0.05, 0.1) is 0 Å². The lowest BCUT2D eigenvalue weighted by Crippen LogP contribution is -2.35. The van der Waals surface area contributed by atoms with Gasteiger partial charge in [0.2, 0.25) is 0 Å². The van der Waals surface area contributed by atoms with Crippen molar-refractivity contribution in [3.63, 3.8) is 0 Å². The molecule has 0 aromatic heterocycles. The molecule has 0 spiro atoms. The smallest absolute Gasteiger partial charge is 0.0366 e. The maximum Gasteiger partial charge on any atom is 0.0366 e. The van der Waals surface area contributed by atoms with Crippen LogP contribution < -0.4 is 10.2 Å². The zero-order valence-corrected chi connectivity index (χ0v) is 12.0. The molecule has 1 heterocycles. The zero-order chi connectivity index (χ0) is 13.0. The Balaban J connectivity index is 1.92. The van der Waals surface area contributed by atoms with Gasteiger partial charge in [-0.2, -0.15) is 0 Å². The molecule has 1 aromatic carbocycles. The summed E-state index contributed by atoms with van der Waals surface area (Å²) < 4.78 is 0. The minimum absolute atomic E-state index is 0.186. The van der Waals surface area contributed by atoms with Crippen LogP contribution in [-0.4, -0.2) is 18.6 Å². The van der Waals surface area contributed by atoms with Crippen molar-refractivity contribution in [1.82, 2.24) is 5.32 Å². The normalized spacial score (nSPS) is 16.9. The number of nitrogens with one attached hydrogen (secondary N) is 1. The summed E-state index contributed by atoms with van der Waals surface area (Å²) >= 11 is 0. The van der Waals surface area contributed by atoms with Gasteiger partial charge >= 0.3 is 0 Å². The molecule has 1 aromatic rings. The Morgan fingerprint density at radius 3 is 2.17 bits per heavy atom. The number of nitrogens with zero attached hydrogens (tertiary/aromatic N) is 1. The summed E-state index contributed by atoms with van der Waals surface area (Å²) in [5.74, 6) is 0. The SMILES string of the molecule is CC(C)(C)NCc1ccc(N2CCCCC2)cc1. The summed E-state index contributed by atoms with van der Waals surface area (Å²) in [6.07, 6.45) is 4.07. The van der Waals surface area contributed by atoms with Crippen LogP contribution in [0.5, 0.6) is 0 Å². The van der Waals surface area contributed by atoms with Gasteiger partial charge in [-0.3, -0.25) is 0 Å². The molecule has 0 bridgehead atoms. The van der Waals surface area contributed by atoms with Gasteiger partial charge < -0.3 is 10.2 Å². The molecule has 0 aliphatic carbocycles. The first-order valence-corrected chi connectivity index (χ1v) is 7.13. The maximum absolute atomic E-state index is 3.52. The van der Waals surface area contributed by atoms with E-state index in [4.69, 9.17) is 0 Å². The van der Waals surface area contributed by atoms with E-state index in [9.17, 15) is 0 Å².